The van der Waals surface area contributed by atoms with Gasteiger partial charge in [-0.05, 0) is 56.4 Å². The third-order valence-corrected chi connectivity index (χ3v) is 4.72. The third kappa shape index (κ3) is 3.18. The molecule has 1 aliphatic carbocycles. The fourth-order valence-corrected chi connectivity index (χ4v) is 3.19. The van der Waals surface area contributed by atoms with Crippen molar-refractivity contribution in [3.63, 3.8) is 0 Å². The number of carbonyl (C=O) groups excluding carboxylic acids is 2. The van der Waals surface area contributed by atoms with Gasteiger partial charge in [-0.15, -0.1) is 0 Å². The van der Waals surface area contributed by atoms with Crippen LogP contribution in [0.3, 0.4) is 0 Å². The second-order valence-corrected chi connectivity index (χ2v) is 6.73. The topological polar surface area (TPSA) is 99.8 Å². The zero-order valence-corrected chi connectivity index (χ0v) is 14.3. The van der Waals surface area contributed by atoms with Gasteiger partial charge in [-0.3, -0.25) is 9.59 Å². The number of amides is 2. The molecule has 0 saturated heterocycles. The maximum absolute atomic E-state index is 12.7. The van der Waals surface area contributed by atoms with Gasteiger partial charge in [0, 0.05) is 18.3 Å². The Morgan fingerprint density at radius 3 is 2.62 bits per heavy atom. The Balaban J connectivity index is 1.60. The molecule has 0 atom stereocenters. The van der Waals surface area contributed by atoms with Gasteiger partial charge in [0.15, 0.2) is 11.5 Å². The van der Waals surface area contributed by atoms with Gasteiger partial charge in [0.1, 0.15) is 0 Å². The van der Waals surface area contributed by atoms with Crippen molar-refractivity contribution in [3.05, 3.63) is 47.0 Å². The zero-order chi connectivity index (χ0) is 18.1. The van der Waals surface area contributed by atoms with E-state index in [1.54, 1.807) is 24.3 Å². The van der Waals surface area contributed by atoms with Gasteiger partial charge in [0.25, 0.3) is 11.8 Å². The Morgan fingerprint density at radius 2 is 1.92 bits per heavy atom. The third-order valence-electron chi connectivity index (χ3n) is 4.72. The van der Waals surface area contributed by atoms with Gasteiger partial charge in [-0.1, -0.05) is 0 Å². The fourth-order valence-electron chi connectivity index (χ4n) is 3.19. The predicted octanol–water partition coefficient (Wildman–Crippen LogP) is 2.24. The van der Waals surface area contributed by atoms with Crippen LogP contribution in [0.5, 0.6) is 0 Å². The van der Waals surface area contributed by atoms with E-state index in [9.17, 15) is 9.59 Å². The van der Waals surface area contributed by atoms with Gasteiger partial charge >= 0.3 is 0 Å². The lowest BCUT2D eigenvalue weighted by atomic mass is 10.1. The highest BCUT2D eigenvalue weighted by molar-refractivity contribution is 6.05. The molecular weight excluding hydrogens is 330 g/mol. The number of aromatic nitrogens is 2. The molecule has 1 fully saturated rings. The van der Waals surface area contributed by atoms with Gasteiger partial charge in [0.2, 0.25) is 0 Å². The Bertz CT molecular complexity index is 903. The van der Waals surface area contributed by atoms with Crippen molar-refractivity contribution >= 4 is 17.5 Å². The normalized spacial score (nSPS) is 15.7. The minimum absolute atomic E-state index is 0.201. The summed E-state index contributed by atoms with van der Waals surface area (Å²) in [4.78, 5) is 29.6. The molecule has 0 radical (unpaired) electrons. The lowest BCUT2D eigenvalue weighted by Gasteiger charge is -2.17. The van der Waals surface area contributed by atoms with Crippen LogP contribution in [0.1, 0.15) is 58.0 Å². The lowest BCUT2D eigenvalue weighted by molar-refractivity contribution is 0.0935. The van der Waals surface area contributed by atoms with E-state index in [2.05, 4.69) is 15.6 Å². The van der Waals surface area contributed by atoms with E-state index in [-0.39, 0.29) is 17.9 Å². The number of imidazole rings is 1. The molecule has 2 amide bonds. The standard InChI is InChI=1S/C19H19N5O2/c20-11-12-4-6-13(7-5-12)21-18(25)16-15-3-1-2-10-24(15)17(23-16)19(26)22-14-8-9-14/h4-7,14H,1-3,8-10H2,(H,21,25)(H,22,26). The molecule has 0 bridgehead atoms. The summed E-state index contributed by atoms with van der Waals surface area (Å²) in [7, 11) is 0. The van der Waals surface area contributed by atoms with E-state index in [4.69, 9.17) is 5.26 Å². The van der Waals surface area contributed by atoms with Gasteiger partial charge in [-0.25, -0.2) is 4.98 Å². The van der Waals surface area contributed by atoms with Crippen LogP contribution in [0.2, 0.25) is 0 Å². The van der Waals surface area contributed by atoms with E-state index in [0.717, 1.165) is 37.8 Å². The number of nitriles is 1. The van der Waals surface area contributed by atoms with Crippen LogP contribution in [0.4, 0.5) is 5.69 Å². The number of nitrogens with one attached hydrogen (secondary N) is 2. The van der Waals surface area contributed by atoms with Crippen LogP contribution in [0.25, 0.3) is 0 Å². The van der Waals surface area contributed by atoms with Crippen molar-refractivity contribution in [3.8, 4) is 6.07 Å². The molecule has 132 valence electrons. The van der Waals surface area contributed by atoms with E-state index in [1.807, 2.05) is 10.6 Å². The summed E-state index contributed by atoms with van der Waals surface area (Å²) in [5.41, 5.74) is 2.26. The van der Waals surface area contributed by atoms with Gasteiger partial charge in [0.05, 0.1) is 17.3 Å². The molecular formula is C19H19N5O2. The summed E-state index contributed by atoms with van der Waals surface area (Å²) in [5.74, 6) is -0.199. The first kappa shape index (κ1) is 16.3. The first-order chi connectivity index (χ1) is 12.7. The molecule has 1 aromatic carbocycles. The number of hydrogen-bond acceptors (Lipinski definition) is 4. The van der Waals surface area contributed by atoms with Crippen LogP contribution < -0.4 is 10.6 Å². The molecule has 7 heteroatoms. The molecule has 2 aliphatic rings. The SMILES string of the molecule is N#Cc1ccc(NC(=O)c2nc(C(=O)NC3CC3)n3c2CCCC3)cc1. The average molecular weight is 349 g/mol. The van der Waals surface area contributed by atoms with Crippen LogP contribution in [-0.2, 0) is 13.0 Å². The molecule has 0 unspecified atom stereocenters. The van der Waals surface area contributed by atoms with Crippen molar-refractivity contribution in [1.29, 1.82) is 5.26 Å². The number of hydrogen-bond donors (Lipinski definition) is 2. The molecule has 1 aromatic heterocycles. The number of carbonyl (C=O) groups is 2. The highest BCUT2D eigenvalue weighted by Crippen LogP contribution is 2.24. The average Bonchev–Trinajstić information content (AvgIpc) is 3.39. The van der Waals surface area contributed by atoms with Crippen LogP contribution in [-0.4, -0.2) is 27.4 Å². The van der Waals surface area contributed by atoms with E-state index >= 15 is 0 Å². The van der Waals surface area contributed by atoms with E-state index in [1.165, 1.54) is 0 Å². The van der Waals surface area contributed by atoms with Crippen molar-refractivity contribution in [1.82, 2.24) is 14.9 Å². The Kier molecular flexibility index (Phi) is 4.17. The molecule has 7 nitrogen and oxygen atoms in total. The quantitative estimate of drug-likeness (QED) is 0.884. The van der Waals surface area contributed by atoms with Crippen molar-refractivity contribution in [2.75, 3.05) is 5.32 Å². The summed E-state index contributed by atoms with van der Waals surface area (Å²) >= 11 is 0. The van der Waals surface area contributed by atoms with Crippen molar-refractivity contribution in [2.24, 2.45) is 0 Å². The smallest absolute Gasteiger partial charge is 0.287 e. The molecule has 0 spiro atoms. The molecule has 1 aliphatic heterocycles. The minimum Gasteiger partial charge on any atom is -0.347 e. The summed E-state index contributed by atoms with van der Waals surface area (Å²) in [5, 5.41) is 14.6. The molecule has 26 heavy (non-hydrogen) atoms. The molecule has 2 aromatic rings. The first-order valence-corrected chi connectivity index (χ1v) is 8.87. The Labute approximate surface area is 151 Å². The largest absolute Gasteiger partial charge is 0.347 e. The molecule has 2 heterocycles. The maximum Gasteiger partial charge on any atom is 0.287 e. The number of benzene rings is 1. The monoisotopic (exact) mass is 349 g/mol. The van der Waals surface area contributed by atoms with Crippen molar-refractivity contribution < 1.29 is 9.59 Å². The Morgan fingerprint density at radius 1 is 1.15 bits per heavy atom. The van der Waals surface area contributed by atoms with Crippen LogP contribution >= 0.6 is 0 Å². The van der Waals surface area contributed by atoms with Crippen molar-refractivity contribution in [2.45, 2.75) is 44.7 Å². The zero-order valence-electron chi connectivity index (χ0n) is 14.3. The predicted molar refractivity (Wildman–Crippen MR) is 94.8 cm³/mol. The summed E-state index contributed by atoms with van der Waals surface area (Å²) < 4.78 is 1.88. The van der Waals surface area contributed by atoms with Gasteiger partial charge in [-0.2, -0.15) is 5.26 Å². The minimum atomic E-state index is -0.328. The van der Waals surface area contributed by atoms with E-state index in [0.29, 0.717) is 29.3 Å². The Hall–Kier alpha value is -3.14. The number of anilines is 1. The number of fused-ring (bicyclic) bond motifs is 1. The first-order valence-electron chi connectivity index (χ1n) is 8.87. The fraction of sp³-hybridized carbons (Fsp3) is 0.368. The highest BCUT2D eigenvalue weighted by Gasteiger charge is 2.30. The molecule has 4 rings (SSSR count). The molecule has 2 N–H and O–H groups in total. The van der Waals surface area contributed by atoms with Crippen LogP contribution in [0.15, 0.2) is 24.3 Å². The number of rotatable bonds is 4. The van der Waals surface area contributed by atoms with Crippen LogP contribution in [0, 0.1) is 11.3 Å². The second kappa shape index (κ2) is 6.64. The maximum atomic E-state index is 12.7. The summed E-state index contributed by atoms with van der Waals surface area (Å²) in [6.45, 7) is 0.708. The van der Waals surface area contributed by atoms with Gasteiger partial charge < -0.3 is 15.2 Å². The lowest BCUT2D eigenvalue weighted by Crippen LogP contribution is -2.29. The number of nitrogens with zero attached hydrogens (tertiary/aromatic N) is 3. The van der Waals surface area contributed by atoms with E-state index < -0.39 is 0 Å². The summed E-state index contributed by atoms with van der Waals surface area (Å²) in [6, 6.07) is 8.94. The summed E-state index contributed by atoms with van der Waals surface area (Å²) in [6.07, 6.45) is 4.70. The highest BCUT2D eigenvalue weighted by atomic mass is 16.2. The second-order valence-electron chi connectivity index (χ2n) is 6.73. The molecule has 1 saturated carbocycles.